The Kier molecular flexibility index (Phi) is 5.49. The monoisotopic (exact) mass is 336 g/mol. The summed E-state index contributed by atoms with van der Waals surface area (Å²) in [6.45, 7) is 6.29. The van der Waals surface area contributed by atoms with E-state index in [0.717, 1.165) is 34.5 Å². The number of hydrogen-bond donors (Lipinski definition) is 2. The highest BCUT2D eigenvalue weighted by Gasteiger charge is 2.15. The van der Waals surface area contributed by atoms with Crippen molar-refractivity contribution in [3.8, 4) is 0 Å². The summed E-state index contributed by atoms with van der Waals surface area (Å²) in [6, 6.07) is 5.83. The van der Waals surface area contributed by atoms with E-state index in [2.05, 4.69) is 10.6 Å². The molecule has 0 bridgehead atoms. The number of halogens is 3. The van der Waals surface area contributed by atoms with Gasteiger partial charge in [0.25, 0.3) is 0 Å². The maximum atomic E-state index is 13.5. The lowest BCUT2D eigenvalue weighted by Crippen LogP contribution is -2.18. The van der Waals surface area contributed by atoms with Crippen LogP contribution < -0.4 is 10.6 Å². The number of rotatable bonds is 5. The predicted molar refractivity (Wildman–Crippen MR) is 88.7 cm³/mol. The molecule has 0 unspecified atom stereocenters. The first kappa shape index (κ1) is 17.8. The molecule has 1 amide bonds. The summed E-state index contributed by atoms with van der Waals surface area (Å²) >= 11 is 0. The van der Waals surface area contributed by atoms with Gasteiger partial charge in [0.15, 0.2) is 17.5 Å². The molecule has 2 aromatic carbocycles. The van der Waals surface area contributed by atoms with Gasteiger partial charge in [0.05, 0.1) is 5.69 Å². The Morgan fingerprint density at radius 1 is 1.00 bits per heavy atom. The van der Waals surface area contributed by atoms with Gasteiger partial charge in [-0.2, -0.15) is 0 Å². The second kappa shape index (κ2) is 7.38. The Balaban J connectivity index is 1.94. The number of amides is 1. The Morgan fingerprint density at radius 2 is 1.62 bits per heavy atom. The summed E-state index contributed by atoms with van der Waals surface area (Å²) in [4.78, 5) is 11.8. The van der Waals surface area contributed by atoms with Crippen LogP contribution in [-0.4, -0.2) is 12.5 Å². The van der Waals surface area contributed by atoms with Gasteiger partial charge in [-0.15, -0.1) is 0 Å². The molecule has 128 valence electrons. The average molecular weight is 336 g/mol. The highest BCUT2D eigenvalue weighted by atomic mass is 19.2. The molecule has 0 saturated carbocycles. The van der Waals surface area contributed by atoms with Crippen LogP contribution in [-0.2, 0) is 4.79 Å². The van der Waals surface area contributed by atoms with Gasteiger partial charge in [0, 0.05) is 18.7 Å². The maximum absolute atomic E-state index is 13.5. The molecule has 2 N–H and O–H groups in total. The van der Waals surface area contributed by atoms with Gasteiger partial charge in [0.2, 0.25) is 5.91 Å². The molecule has 2 rings (SSSR count). The minimum atomic E-state index is -1.60. The number of anilines is 2. The van der Waals surface area contributed by atoms with Crippen LogP contribution in [0.3, 0.4) is 0 Å². The van der Waals surface area contributed by atoms with Crippen molar-refractivity contribution < 1.29 is 18.0 Å². The quantitative estimate of drug-likeness (QED) is 0.791. The Labute approximate surface area is 138 Å². The lowest BCUT2D eigenvalue weighted by molar-refractivity contribution is -0.116. The molecule has 0 spiro atoms. The van der Waals surface area contributed by atoms with Crippen LogP contribution in [0.1, 0.15) is 23.1 Å². The van der Waals surface area contributed by atoms with Crippen LogP contribution in [0.2, 0.25) is 0 Å². The molecular weight excluding hydrogens is 317 g/mol. The fourth-order valence-corrected chi connectivity index (χ4v) is 2.60. The molecule has 3 nitrogen and oxygen atoms in total. The van der Waals surface area contributed by atoms with E-state index >= 15 is 0 Å². The van der Waals surface area contributed by atoms with Crippen LogP contribution in [0.25, 0.3) is 0 Å². The molecule has 0 fully saturated rings. The summed E-state index contributed by atoms with van der Waals surface area (Å²) < 4.78 is 39.5. The number of hydrogen-bond acceptors (Lipinski definition) is 2. The van der Waals surface area contributed by atoms with Crippen molar-refractivity contribution in [1.29, 1.82) is 0 Å². The Morgan fingerprint density at radius 3 is 2.25 bits per heavy atom. The predicted octanol–water partition coefficient (Wildman–Crippen LogP) is 4.47. The molecule has 0 aromatic heterocycles. The molecular formula is C18H19F3N2O. The standard InChI is InChI=1S/C18H19F3N2O/c1-10-8-11(2)18(12(3)9-10)22-7-6-15(24)23-14-5-4-13(19)16(20)17(14)21/h4-5,8-9,22H,6-7H2,1-3H3,(H,23,24). The van der Waals surface area contributed by atoms with Crippen molar-refractivity contribution in [2.75, 3.05) is 17.2 Å². The lowest BCUT2D eigenvalue weighted by Gasteiger charge is -2.14. The number of benzene rings is 2. The van der Waals surface area contributed by atoms with E-state index in [1.807, 2.05) is 32.9 Å². The number of nitrogens with one attached hydrogen (secondary N) is 2. The summed E-state index contributed by atoms with van der Waals surface area (Å²) in [7, 11) is 0. The van der Waals surface area contributed by atoms with E-state index < -0.39 is 23.4 Å². The second-order valence-corrected chi connectivity index (χ2v) is 5.72. The van der Waals surface area contributed by atoms with E-state index in [-0.39, 0.29) is 12.1 Å². The van der Waals surface area contributed by atoms with Gasteiger partial charge >= 0.3 is 0 Å². The first-order chi connectivity index (χ1) is 11.3. The fourth-order valence-electron chi connectivity index (χ4n) is 2.60. The summed E-state index contributed by atoms with van der Waals surface area (Å²) in [6.07, 6.45) is 0.0607. The summed E-state index contributed by atoms with van der Waals surface area (Å²) in [5.74, 6) is -4.79. The molecule has 6 heteroatoms. The van der Waals surface area contributed by atoms with E-state index in [4.69, 9.17) is 0 Å². The van der Waals surface area contributed by atoms with Gasteiger partial charge in [-0.1, -0.05) is 17.7 Å². The zero-order valence-corrected chi connectivity index (χ0v) is 13.8. The molecule has 0 aliphatic carbocycles. The van der Waals surface area contributed by atoms with E-state index in [1.54, 1.807) is 0 Å². The molecule has 0 aliphatic heterocycles. The molecule has 2 aromatic rings. The third-order valence-corrected chi connectivity index (χ3v) is 3.64. The van der Waals surface area contributed by atoms with Crippen LogP contribution in [0.4, 0.5) is 24.5 Å². The molecule has 0 saturated heterocycles. The second-order valence-electron chi connectivity index (χ2n) is 5.72. The molecule has 24 heavy (non-hydrogen) atoms. The third kappa shape index (κ3) is 4.07. The fraction of sp³-hybridized carbons (Fsp3) is 0.278. The van der Waals surface area contributed by atoms with Crippen molar-refractivity contribution in [3.63, 3.8) is 0 Å². The Hall–Kier alpha value is -2.50. The molecule has 0 atom stereocenters. The summed E-state index contributed by atoms with van der Waals surface area (Å²) in [5, 5.41) is 5.41. The van der Waals surface area contributed by atoms with Crippen molar-refractivity contribution in [3.05, 3.63) is 58.4 Å². The summed E-state index contributed by atoms with van der Waals surface area (Å²) in [5.41, 5.74) is 3.87. The highest BCUT2D eigenvalue weighted by Crippen LogP contribution is 2.22. The van der Waals surface area contributed by atoms with Crippen LogP contribution >= 0.6 is 0 Å². The minimum absolute atomic E-state index is 0.0607. The number of aryl methyl sites for hydroxylation is 3. The smallest absolute Gasteiger partial charge is 0.226 e. The van der Waals surface area contributed by atoms with E-state index in [0.29, 0.717) is 6.54 Å². The van der Waals surface area contributed by atoms with Gasteiger partial charge in [-0.25, -0.2) is 13.2 Å². The van der Waals surface area contributed by atoms with Gasteiger partial charge < -0.3 is 10.6 Å². The largest absolute Gasteiger partial charge is 0.384 e. The minimum Gasteiger partial charge on any atom is -0.384 e. The van der Waals surface area contributed by atoms with Gasteiger partial charge in [-0.05, 0) is 44.0 Å². The zero-order valence-electron chi connectivity index (χ0n) is 13.8. The molecule has 0 radical (unpaired) electrons. The van der Waals surface area contributed by atoms with Gasteiger partial charge in [-0.3, -0.25) is 4.79 Å². The molecule has 0 aliphatic rings. The Bertz CT molecular complexity index is 752. The average Bonchev–Trinajstić information content (AvgIpc) is 2.50. The van der Waals surface area contributed by atoms with Gasteiger partial charge in [0.1, 0.15) is 0 Å². The van der Waals surface area contributed by atoms with E-state index in [1.165, 1.54) is 0 Å². The normalized spacial score (nSPS) is 10.6. The number of carbonyl (C=O) groups excluding carboxylic acids is 1. The first-order valence-electron chi connectivity index (χ1n) is 7.54. The lowest BCUT2D eigenvalue weighted by atomic mass is 10.1. The third-order valence-electron chi connectivity index (χ3n) is 3.64. The highest BCUT2D eigenvalue weighted by molar-refractivity contribution is 5.91. The van der Waals surface area contributed by atoms with Crippen molar-refractivity contribution in [2.24, 2.45) is 0 Å². The number of carbonyl (C=O) groups is 1. The zero-order chi connectivity index (χ0) is 17.9. The van der Waals surface area contributed by atoms with Crippen LogP contribution in [0.5, 0.6) is 0 Å². The van der Waals surface area contributed by atoms with Crippen molar-refractivity contribution in [2.45, 2.75) is 27.2 Å². The van der Waals surface area contributed by atoms with Crippen molar-refractivity contribution >= 4 is 17.3 Å². The van der Waals surface area contributed by atoms with Crippen LogP contribution in [0, 0.1) is 38.2 Å². The van der Waals surface area contributed by atoms with Crippen molar-refractivity contribution in [1.82, 2.24) is 0 Å². The first-order valence-corrected chi connectivity index (χ1v) is 7.54. The van der Waals surface area contributed by atoms with E-state index in [9.17, 15) is 18.0 Å². The SMILES string of the molecule is Cc1cc(C)c(NCCC(=O)Nc2ccc(F)c(F)c2F)c(C)c1. The van der Waals surface area contributed by atoms with Crippen LogP contribution in [0.15, 0.2) is 24.3 Å². The topological polar surface area (TPSA) is 41.1 Å². The molecule has 0 heterocycles. The maximum Gasteiger partial charge on any atom is 0.226 e.